The second-order valence-corrected chi connectivity index (χ2v) is 5.77. The van der Waals surface area contributed by atoms with Gasteiger partial charge in [0.05, 0.1) is 8.47 Å². The smallest absolute Gasteiger partial charge is 0.0884 e. The minimum Gasteiger partial charge on any atom is -0.0884 e. The first-order chi connectivity index (χ1) is 4.97. The summed E-state index contributed by atoms with van der Waals surface area (Å²) in [5, 5.41) is 8.53. The molecule has 2 heterocycles. The first kappa shape index (κ1) is 10.7. The normalized spacial score (nSPS) is 21.1. The zero-order valence-corrected chi connectivity index (χ0v) is 11.2. The van der Waals surface area contributed by atoms with Gasteiger partial charge in [0.15, 0.2) is 0 Å². The molecule has 0 atom stereocenters. The van der Waals surface area contributed by atoms with E-state index in [4.69, 9.17) is 0 Å². The van der Waals surface area contributed by atoms with Gasteiger partial charge in [-0.1, -0.05) is 47.0 Å². The first-order valence-electron chi connectivity index (χ1n) is 2.68. The molecule has 2 rings (SSSR count). The predicted octanol–water partition coefficient (Wildman–Crippen LogP) is 1.02. The minimum atomic E-state index is 0. The molecule has 0 saturated heterocycles. The van der Waals surface area contributed by atoms with Crippen LogP contribution in [0.4, 0.5) is 0 Å². The third-order valence-corrected chi connectivity index (χ3v) is 5.76. The maximum absolute atomic E-state index is 2.13. The monoisotopic (exact) mass is 227 g/mol. The summed E-state index contributed by atoms with van der Waals surface area (Å²) in [7, 11) is 0. The summed E-state index contributed by atoms with van der Waals surface area (Å²) < 4.78 is 2.86. The third-order valence-electron chi connectivity index (χ3n) is 0.978. The van der Waals surface area contributed by atoms with Gasteiger partial charge in [-0.15, -0.1) is 0 Å². The second kappa shape index (κ2) is 5.37. The molecule has 0 aliphatic carbocycles. The molecule has 0 saturated carbocycles. The van der Waals surface area contributed by atoms with E-state index in [-0.39, 0.29) is 29.6 Å². The van der Waals surface area contributed by atoms with E-state index < -0.39 is 0 Å². The van der Waals surface area contributed by atoms with E-state index in [2.05, 4.69) is 21.6 Å². The Hall–Kier alpha value is 1.62. The third kappa shape index (κ3) is 2.79. The van der Waals surface area contributed by atoms with Crippen LogP contribution >= 0.6 is 47.0 Å². The van der Waals surface area contributed by atoms with Gasteiger partial charge < -0.3 is 0 Å². The summed E-state index contributed by atoms with van der Waals surface area (Å²) in [6, 6.07) is 0. The molecule has 0 nitrogen and oxygen atoms in total. The van der Waals surface area contributed by atoms with Gasteiger partial charge in [-0.2, -0.15) is 0 Å². The number of hydrogen-bond donors (Lipinski definition) is 0. The molecule has 2 aliphatic rings. The second-order valence-electron chi connectivity index (χ2n) is 1.59. The van der Waals surface area contributed by atoms with Crippen molar-refractivity contribution in [3.05, 3.63) is 30.1 Å². The molecule has 11 heavy (non-hydrogen) atoms. The predicted molar refractivity (Wildman–Crippen MR) is 55.7 cm³/mol. The summed E-state index contributed by atoms with van der Waals surface area (Å²) in [5.41, 5.74) is 0. The quantitative estimate of drug-likeness (QED) is 0.566. The van der Waals surface area contributed by atoms with Gasteiger partial charge in [-0.25, -0.2) is 0 Å². The molecule has 5 heteroatoms. The standard InChI is InChI=1S/C6H4S4.Na/c1-2-8-5(7-1)6-9-3-4-10-6;/h1-4H;/q;+1. The average Bonchev–Trinajstić information content (AvgIpc) is 2.59. The van der Waals surface area contributed by atoms with Crippen molar-refractivity contribution >= 4 is 47.0 Å². The Morgan fingerprint density at radius 2 is 0.909 bits per heavy atom. The Kier molecular flexibility index (Phi) is 5.22. The average molecular weight is 227 g/mol. The maximum Gasteiger partial charge on any atom is 1.00 e. The fourth-order valence-corrected chi connectivity index (χ4v) is 4.64. The van der Waals surface area contributed by atoms with Gasteiger partial charge in [0.25, 0.3) is 0 Å². The van der Waals surface area contributed by atoms with Gasteiger partial charge in [-0.05, 0) is 21.6 Å². The number of thioether (sulfide) groups is 4. The van der Waals surface area contributed by atoms with Crippen molar-refractivity contribution < 1.29 is 29.6 Å². The molecule has 0 bridgehead atoms. The Morgan fingerprint density at radius 3 is 1.18 bits per heavy atom. The topological polar surface area (TPSA) is 0 Å². The zero-order valence-electron chi connectivity index (χ0n) is 5.94. The van der Waals surface area contributed by atoms with E-state index in [0.29, 0.717) is 0 Å². The van der Waals surface area contributed by atoms with Crippen molar-refractivity contribution in [3.8, 4) is 0 Å². The number of rotatable bonds is 0. The van der Waals surface area contributed by atoms with Crippen molar-refractivity contribution in [1.82, 2.24) is 0 Å². The molecule has 0 radical (unpaired) electrons. The Labute approximate surface area is 105 Å². The molecule has 52 valence electrons. The Morgan fingerprint density at radius 1 is 0.636 bits per heavy atom. The van der Waals surface area contributed by atoms with Crippen LogP contribution in [0.2, 0.25) is 0 Å². The van der Waals surface area contributed by atoms with Crippen LogP contribution < -0.4 is 29.6 Å². The van der Waals surface area contributed by atoms with Gasteiger partial charge in [0.1, 0.15) is 0 Å². The van der Waals surface area contributed by atoms with Crippen LogP contribution in [0, 0.1) is 0 Å². The van der Waals surface area contributed by atoms with Crippen LogP contribution in [0.3, 0.4) is 0 Å². The minimum absolute atomic E-state index is 0. The van der Waals surface area contributed by atoms with Crippen LogP contribution in [-0.2, 0) is 0 Å². The largest absolute Gasteiger partial charge is 1.00 e. The van der Waals surface area contributed by atoms with Crippen LogP contribution in [0.5, 0.6) is 0 Å². The SMILES string of the molecule is C1=CSC(=C2SC=CS2)S1.[Na+]. The molecule has 0 N–H and O–H groups in total. The zero-order chi connectivity index (χ0) is 6.81. The fourth-order valence-electron chi connectivity index (χ4n) is 0.606. The van der Waals surface area contributed by atoms with Gasteiger partial charge in [-0.3, -0.25) is 0 Å². The molecule has 0 fully saturated rings. The van der Waals surface area contributed by atoms with E-state index in [0.717, 1.165) is 0 Å². The van der Waals surface area contributed by atoms with Crippen molar-refractivity contribution in [3.63, 3.8) is 0 Å². The molecule has 0 aromatic heterocycles. The van der Waals surface area contributed by atoms with E-state index in [1.165, 1.54) is 8.47 Å². The molecule has 0 aromatic rings. The van der Waals surface area contributed by atoms with E-state index in [1.807, 2.05) is 47.0 Å². The molecule has 0 aromatic carbocycles. The molecule has 0 spiro atoms. The molecular formula is C6H4NaS4+. The summed E-state index contributed by atoms with van der Waals surface area (Å²) in [6.07, 6.45) is 0. The summed E-state index contributed by atoms with van der Waals surface area (Å²) in [6.45, 7) is 0. The Bertz CT molecular complexity index is 187. The molecule has 0 unspecified atom stereocenters. The summed E-state index contributed by atoms with van der Waals surface area (Å²) >= 11 is 7.28. The van der Waals surface area contributed by atoms with Crippen LogP contribution in [-0.4, -0.2) is 0 Å². The van der Waals surface area contributed by atoms with E-state index in [9.17, 15) is 0 Å². The summed E-state index contributed by atoms with van der Waals surface area (Å²) in [5.74, 6) is 0. The first-order valence-corrected chi connectivity index (χ1v) is 6.19. The number of hydrogen-bond acceptors (Lipinski definition) is 4. The van der Waals surface area contributed by atoms with Crippen molar-refractivity contribution in [2.45, 2.75) is 0 Å². The molecular weight excluding hydrogens is 223 g/mol. The van der Waals surface area contributed by atoms with Gasteiger partial charge in [0.2, 0.25) is 0 Å². The van der Waals surface area contributed by atoms with Crippen LogP contribution in [0.1, 0.15) is 0 Å². The Balaban J connectivity index is 0.000000605. The van der Waals surface area contributed by atoms with Crippen molar-refractivity contribution in [2.75, 3.05) is 0 Å². The molecule has 2 aliphatic heterocycles. The maximum atomic E-state index is 2.13. The van der Waals surface area contributed by atoms with E-state index >= 15 is 0 Å². The van der Waals surface area contributed by atoms with Gasteiger partial charge in [0, 0.05) is 0 Å². The molecule has 0 amide bonds. The fraction of sp³-hybridized carbons (Fsp3) is 0. The van der Waals surface area contributed by atoms with Gasteiger partial charge >= 0.3 is 29.6 Å². The van der Waals surface area contributed by atoms with Crippen molar-refractivity contribution in [1.29, 1.82) is 0 Å². The van der Waals surface area contributed by atoms with Crippen LogP contribution in [0.25, 0.3) is 0 Å². The van der Waals surface area contributed by atoms with Crippen LogP contribution in [0.15, 0.2) is 30.1 Å². The van der Waals surface area contributed by atoms with Crippen molar-refractivity contribution in [2.24, 2.45) is 0 Å². The van der Waals surface area contributed by atoms with E-state index in [1.54, 1.807) is 0 Å². The summed E-state index contributed by atoms with van der Waals surface area (Å²) in [4.78, 5) is 0.